The van der Waals surface area contributed by atoms with E-state index in [0.29, 0.717) is 5.92 Å². The zero-order valence-corrected chi connectivity index (χ0v) is 12.6. The SMILES string of the molecule is CN=C(NCC1CCOC1)NCC1CCN(C2CC2)C1. The highest BCUT2D eigenvalue weighted by atomic mass is 16.5. The quantitative estimate of drug-likeness (QED) is 0.574. The molecule has 0 radical (unpaired) electrons. The monoisotopic (exact) mass is 280 g/mol. The summed E-state index contributed by atoms with van der Waals surface area (Å²) in [6, 6.07) is 0.916. The van der Waals surface area contributed by atoms with E-state index in [2.05, 4.69) is 20.5 Å². The highest BCUT2D eigenvalue weighted by Gasteiger charge is 2.34. The zero-order valence-electron chi connectivity index (χ0n) is 12.6. The average molecular weight is 280 g/mol. The molecule has 2 saturated heterocycles. The molecular weight excluding hydrogens is 252 g/mol. The Morgan fingerprint density at radius 1 is 1.15 bits per heavy atom. The Hall–Kier alpha value is -0.810. The third-order valence-electron chi connectivity index (χ3n) is 4.74. The summed E-state index contributed by atoms with van der Waals surface area (Å²) in [4.78, 5) is 6.98. The fraction of sp³-hybridized carbons (Fsp3) is 0.933. The number of rotatable bonds is 5. The van der Waals surface area contributed by atoms with Gasteiger partial charge in [0.25, 0.3) is 0 Å². The van der Waals surface area contributed by atoms with E-state index < -0.39 is 0 Å². The maximum Gasteiger partial charge on any atom is 0.190 e. The molecule has 114 valence electrons. The molecule has 0 aromatic heterocycles. The predicted octanol–water partition coefficient (Wildman–Crippen LogP) is 0.672. The largest absolute Gasteiger partial charge is 0.381 e. The summed E-state index contributed by atoms with van der Waals surface area (Å²) in [5.41, 5.74) is 0. The maximum absolute atomic E-state index is 5.40. The van der Waals surface area contributed by atoms with Gasteiger partial charge in [0.1, 0.15) is 0 Å². The van der Waals surface area contributed by atoms with Crippen LogP contribution in [-0.4, -0.2) is 63.3 Å². The van der Waals surface area contributed by atoms with E-state index >= 15 is 0 Å². The fourth-order valence-corrected chi connectivity index (χ4v) is 3.25. The van der Waals surface area contributed by atoms with Crippen molar-refractivity contribution in [2.75, 3.05) is 46.4 Å². The fourth-order valence-electron chi connectivity index (χ4n) is 3.25. The normalized spacial score (nSPS) is 31.8. The molecule has 0 aromatic rings. The summed E-state index contributed by atoms with van der Waals surface area (Å²) in [5, 5.41) is 6.91. The third-order valence-corrected chi connectivity index (χ3v) is 4.74. The number of nitrogens with zero attached hydrogens (tertiary/aromatic N) is 2. The molecule has 2 aliphatic heterocycles. The van der Waals surface area contributed by atoms with Crippen molar-refractivity contribution in [1.82, 2.24) is 15.5 Å². The molecule has 2 N–H and O–H groups in total. The lowest BCUT2D eigenvalue weighted by Crippen LogP contribution is -2.42. The summed E-state index contributed by atoms with van der Waals surface area (Å²) in [6.45, 7) is 6.39. The first kappa shape index (κ1) is 14.1. The number of guanidine groups is 1. The molecule has 2 unspecified atom stereocenters. The van der Waals surface area contributed by atoms with Gasteiger partial charge in [-0.05, 0) is 38.1 Å². The minimum absolute atomic E-state index is 0.644. The van der Waals surface area contributed by atoms with Crippen LogP contribution < -0.4 is 10.6 Å². The number of nitrogens with one attached hydrogen (secondary N) is 2. The first-order chi connectivity index (χ1) is 9.85. The van der Waals surface area contributed by atoms with Gasteiger partial charge in [-0.25, -0.2) is 0 Å². The van der Waals surface area contributed by atoms with Crippen molar-refractivity contribution in [2.24, 2.45) is 16.8 Å². The third kappa shape index (κ3) is 3.85. The summed E-state index contributed by atoms with van der Waals surface area (Å²) >= 11 is 0. The van der Waals surface area contributed by atoms with Gasteiger partial charge in [-0.3, -0.25) is 4.99 Å². The van der Waals surface area contributed by atoms with Crippen LogP contribution in [0.4, 0.5) is 0 Å². The number of likely N-dealkylation sites (tertiary alicyclic amines) is 1. The second-order valence-corrected chi connectivity index (χ2v) is 6.44. The molecule has 0 bridgehead atoms. The van der Waals surface area contributed by atoms with Crippen LogP contribution in [0.15, 0.2) is 4.99 Å². The van der Waals surface area contributed by atoms with Crippen molar-refractivity contribution in [3.05, 3.63) is 0 Å². The molecule has 20 heavy (non-hydrogen) atoms. The second kappa shape index (κ2) is 6.76. The minimum atomic E-state index is 0.644. The molecule has 3 aliphatic rings. The number of hydrogen-bond donors (Lipinski definition) is 2. The molecule has 0 aromatic carbocycles. The first-order valence-electron chi connectivity index (χ1n) is 8.11. The minimum Gasteiger partial charge on any atom is -0.381 e. The Balaban J connectivity index is 1.33. The van der Waals surface area contributed by atoms with Gasteiger partial charge in [0.15, 0.2) is 5.96 Å². The number of aliphatic imine (C=N–C) groups is 1. The van der Waals surface area contributed by atoms with Gasteiger partial charge >= 0.3 is 0 Å². The van der Waals surface area contributed by atoms with Crippen molar-refractivity contribution in [3.8, 4) is 0 Å². The van der Waals surface area contributed by atoms with Crippen LogP contribution in [0.25, 0.3) is 0 Å². The van der Waals surface area contributed by atoms with Crippen molar-refractivity contribution in [3.63, 3.8) is 0 Å². The molecule has 1 saturated carbocycles. The van der Waals surface area contributed by atoms with Crippen LogP contribution in [0.1, 0.15) is 25.7 Å². The summed E-state index contributed by atoms with van der Waals surface area (Å²) < 4.78 is 5.40. The van der Waals surface area contributed by atoms with Crippen molar-refractivity contribution < 1.29 is 4.74 Å². The van der Waals surface area contributed by atoms with Gasteiger partial charge < -0.3 is 20.3 Å². The lowest BCUT2D eigenvalue weighted by Gasteiger charge is -2.18. The van der Waals surface area contributed by atoms with E-state index in [-0.39, 0.29) is 0 Å². The standard InChI is InChI=1S/C15H28N4O/c1-16-15(18-9-13-5-7-20-11-13)17-8-12-4-6-19(10-12)14-2-3-14/h12-14H,2-11H2,1H3,(H2,16,17,18). The molecule has 3 rings (SSSR count). The molecule has 3 fully saturated rings. The lowest BCUT2D eigenvalue weighted by atomic mass is 10.1. The van der Waals surface area contributed by atoms with E-state index in [0.717, 1.165) is 44.2 Å². The van der Waals surface area contributed by atoms with E-state index in [9.17, 15) is 0 Å². The highest BCUT2D eigenvalue weighted by Crippen LogP contribution is 2.31. The predicted molar refractivity (Wildman–Crippen MR) is 81.0 cm³/mol. The zero-order chi connectivity index (χ0) is 13.8. The Kier molecular flexibility index (Phi) is 4.78. The van der Waals surface area contributed by atoms with Crippen LogP contribution >= 0.6 is 0 Å². The maximum atomic E-state index is 5.40. The number of ether oxygens (including phenoxy) is 1. The molecule has 0 amide bonds. The van der Waals surface area contributed by atoms with Crippen molar-refractivity contribution in [1.29, 1.82) is 0 Å². The topological polar surface area (TPSA) is 48.9 Å². The van der Waals surface area contributed by atoms with Gasteiger partial charge in [-0.2, -0.15) is 0 Å². The van der Waals surface area contributed by atoms with Crippen LogP contribution in [-0.2, 0) is 4.74 Å². The van der Waals surface area contributed by atoms with E-state index in [1.807, 2.05) is 7.05 Å². The average Bonchev–Trinajstić information content (AvgIpc) is 3.01. The summed E-state index contributed by atoms with van der Waals surface area (Å²) in [5.74, 6) is 2.37. The van der Waals surface area contributed by atoms with Gasteiger partial charge in [0, 0.05) is 45.2 Å². The second-order valence-electron chi connectivity index (χ2n) is 6.44. The van der Waals surface area contributed by atoms with Crippen LogP contribution in [0, 0.1) is 11.8 Å². The van der Waals surface area contributed by atoms with Crippen LogP contribution in [0.5, 0.6) is 0 Å². The summed E-state index contributed by atoms with van der Waals surface area (Å²) in [7, 11) is 1.85. The molecule has 1 aliphatic carbocycles. The summed E-state index contributed by atoms with van der Waals surface area (Å²) in [6.07, 6.45) is 5.35. The van der Waals surface area contributed by atoms with Crippen molar-refractivity contribution in [2.45, 2.75) is 31.7 Å². The first-order valence-corrected chi connectivity index (χ1v) is 8.11. The smallest absolute Gasteiger partial charge is 0.190 e. The van der Waals surface area contributed by atoms with Gasteiger partial charge in [-0.1, -0.05) is 0 Å². The van der Waals surface area contributed by atoms with E-state index in [1.165, 1.54) is 38.8 Å². The highest BCUT2D eigenvalue weighted by molar-refractivity contribution is 5.79. The Labute approximate surface area is 122 Å². The van der Waals surface area contributed by atoms with E-state index in [4.69, 9.17) is 4.74 Å². The van der Waals surface area contributed by atoms with Gasteiger partial charge in [0.2, 0.25) is 0 Å². The van der Waals surface area contributed by atoms with Gasteiger partial charge in [-0.15, -0.1) is 0 Å². The lowest BCUT2D eigenvalue weighted by molar-refractivity contribution is 0.186. The Bertz CT molecular complexity index is 337. The Morgan fingerprint density at radius 2 is 1.95 bits per heavy atom. The van der Waals surface area contributed by atoms with Crippen LogP contribution in [0.2, 0.25) is 0 Å². The Morgan fingerprint density at radius 3 is 2.60 bits per heavy atom. The van der Waals surface area contributed by atoms with Crippen LogP contribution in [0.3, 0.4) is 0 Å². The van der Waals surface area contributed by atoms with Gasteiger partial charge in [0.05, 0.1) is 6.61 Å². The number of hydrogen-bond acceptors (Lipinski definition) is 3. The molecule has 5 nitrogen and oxygen atoms in total. The molecule has 0 spiro atoms. The molecule has 2 heterocycles. The molecule has 5 heteroatoms. The van der Waals surface area contributed by atoms with E-state index in [1.54, 1.807) is 0 Å². The van der Waals surface area contributed by atoms with Crippen molar-refractivity contribution >= 4 is 5.96 Å². The molecule has 2 atom stereocenters. The molecular formula is C15H28N4O.